The maximum Gasteiger partial charge on any atom is 0.237 e. The van der Waals surface area contributed by atoms with E-state index in [9.17, 15) is 4.39 Å². The summed E-state index contributed by atoms with van der Waals surface area (Å²) in [7, 11) is 0. The van der Waals surface area contributed by atoms with E-state index in [4.69, 9.17) is 21.6 Å². The Balaban J connectivity index is 2.43. The predicted octanol–water partition coefficient (Wildman–Crippen LogP) is 4.15. The van der Waals surface area contributed by atoms with Gasteiger partial charge in [-0.05, 0) is 37.6 Å². The fourth-order valence-electron chi connectivity index (χ4n) is 1.66. The predicted molar refractivity (Wildman–Crippen MR) is 69.9 cm³/mol. The molecule has 96 valence electrons. The second kappa shape index (κ2) is 5.25. The first-order chi connectivity index (χ1) is 9.01. The van der Waals surface area contributed by atoms with Gasteiger partial charge in [-0.2, -0.15) is 5.26 Å². The summed E-state index contributed by atoms with van der Waals surface area (Å²) < 4.78 is 18.8. The third-order valence-electron chi connectivity index (χ3n) is 2.53. The Morgan fingerprint density at radius 2 is 2.05 bits per heavy atom. The second-order valence-electron chi connectivity index (χ2n) is 4.05. The molecule has 0 N–H and O–H groups in total. The highest BCUT2D eigenvalue weighted by Crippen LogP contribution is 2.28. The van der Waals surface area contributed by atoms with Gasteiger partial charge in [0.15, 0.2) is 0 Å². The largest absolute Gasteiger partial charge is 0.438 e. The van der Waals surface area contributed by atoms with Crippen molar-refractivity contribution in [1.29, 1.82) is 5.26 Å². The molecular formula is C14H10ClFN2O. The lowest BCUT2D eigenvalue weighted by molar-refractivity contribution is 0.455. The van der Waals surface area contributed by atoms with Crippen LogP contribution in [0.15, 0.2) is 24.3 Å². The Bertz CT molecular complexity index is 680. The molecule has 1 heterocycles. The summed E-state index contributed by atoms with van der Waals surface area (Å²) in [5, 5.41) is 9.12. The maximum absolute atomic E-state index is 13.3. The van der Waals surface area contributed by atoms with Crippen molar-refractivity contribution < 1.29 is 9.13 Å². The van der Waals surface area contributed by atoms with Crippen LogP contribution in [0.4, 0.5) is 4.39 Å². The number of pyridine rings is 1. The van der Waals surface area contributed by atoms with Crippen LogP contribution >= 0.6 is 11.6 Å². The molecule has 2 rings (SSSR count). The van der Waals surface area contributed by atoms with Crippen molar-refractivity contribution in [3.63, 3.8) is 0 Å². The number of hydrogen-bond acceptors (Lipinski definition) is 3. The molecule has 0 atom stereocenters. The minimum atomic E-state index is -0.581. The van der Waals surface area contributed by atoms with Crippen molar-refractivity contribution in [2.75, 3.05) is 0 Å². The van der Waals surface area contributed by atoms with Gasteiger partial charge in [0.25, 0.3) is 0 Å². The molecule has 0 saturated heterocycles. The van der Waals surface area contributed by atoms with Gasteiger partial charge in [-0.15, -0.1) is 0 Å². The molecule has 0 unspecified atom stereocenters. The van der Waals surface area contributed by atoms with E-state index < -0.39 is 5.82 Å². The average Bonchev–Trinajstić information content (AvgIpc) is 2.33. The summed E-state index contributed by atoms with van der Waals surface area (Å²) in [6.07, 6.45) is 0. The molecule has 0 bridgehead atoms. The molecule has 0 aliphatic carbocycles. The maximum atomic E-state index is 13.3. The molecular weight excluding hydrogens is 267 g/mol. The van der Waals surface area contributed by atoms with Gasteiger partial charge < -0.3 is 4.74 Å². The minimum Gasteiger partial charge on any atom is -0.438 e. The Hall–Kier alpha value is -2.12. The van der Waals surface area contributed by atoms with Crippen LogP contribution in [0.25, 0.3) is 0 Å². The standard InChI is InChI=1S/C14H10ClFN2O/c1-8-5-9(2)18-14(11(8)7-17)19-10-3-4-12(15)13(16)6-10/h3-6H,1-2H3. The van der Waals surface area contributed by atoms with Crippen molar-refractivity contribution in [3.05, 3.63) is 51.9 Å². The number of nitrogens with zero attached hydrogens (tertiary/aromatic N) is 2. The first kappa shape index (κ1) is 13.3. The summed E-state index contributed by atoms with van der Waals surface area (Å²) in [5.74, 6) is -0.167. The summed E-state index contributed by atoms with van der Waals surface area (Å²) in [6.45, 7) is 3.59. The van der Waals surface area contributed by atoms with E-state index in [0.717, 1.165) is 17.3 Å². The van der Waals surface area contributed by atoms with Gasteiger partial charge in [0, 0.05) is 11.8 Å². The number of halogens is 2. The van der Waals surface area contributed by atoms with Crippen LogP contribution in [-0.4, -0.2) is 4.98 Å². The monoisotopic (exact) mass is 276 g/mol. The van der Waals surface area contributed by atoms with E-state index in [1.54, 1.807) is 19.9 Å². The first-order valence-electron chi connectivity index (χ1n) is 5.52. The SMILES string of the molecule is Cc1cc(C)c(C#N)c(Oc2ccc(Cl)c(F)c2)n1. The molecule has 0 amide bonds. The normalized spacial score (nSPS) is 10.1. The number of benzene rings is 1. The van der Waals surface area contributed by atoms with Crippen molar-refractivity contribution in [2.24, 2.45) is 0 Å². The zero-order valence-corrected chi connectivity index (χ0v) is 11.1. The third-order valence-corrected chi connectivity index (χ3v) is 2.84. The van der Waals surface area contributed by atoms with Crippen LogP contribution in [0.3, 0.4) is 0 Å². The zero-order chi connectivity index (χ0) is 14.0. The van der Waals surface area contributed by atoms with Crippen LogP contribution in [0.5, 0.6) is 11.6 Å². The lowest BCUT2D eigenvalue weighted by atomic mass is 10.1. The summed E-state index contributed by atoms with van der Waals surface area (Å²) in [4.78, 5) is 4.15. The Morgan fingerprint density at radius 1 is 1.32 bits per heavy atom. The highest BCUT2D eigenvalue weighted by molar-refractivity contribution is 6.30. The fraction of sp³-hybridized carbons (Fsp3) is 0.143. The van der Waals surface area contributed by atoms with E-state index >= 15 is 0 Å². The van der Waals surface area contributed by atoms with Gasteiger partial charge in [0.1, 0.15) is 23.2 Å². The molecule has 1 aromatic carbocycles. The number of rotatable bonds is 2. The minimum absolute atomic E-state index is 0.0150. The van der Waals surface area contributed by atoms with Gasteiger partial charge in [0.05, 0.1) is 5.02 Å². The molecule has 0 fully saturated rings. The van der Waals surface area contributed by atoms with Crippen molar-refractivity contribution in [1.82, 2.24) is 4.98 Å². The zero-order valence-electron chi connectivity index (χ0n) is 10.4. The van der Waals surface area contributed by atoms with Crippen LogP contribution < -0.4 is 4.74 Å². The lowest BCUT2D eigenvalue weighted by Gasteiger charge is -2.09. The van der Waals surface area contributed by atoms with E-state index in [1.807, 2.05) is 6.07 Å². The summed E-state index contributed by atoms with van der Waals surface area (Å²) in [5.41, 5.74) is 1.82. The Morgan fingerprint density at radius 3 is 2.68 bits per heavy atom. The van der Waals surface area contributed by atoms with Gasteiger partial charge in [-0.3, -0.25) is 0 Å². The molecule has 5 heteroatoms. The van der Waals surface area contributed by atoms with Gasteiger partial charge in [-0.1, -0.05) is 11.6 Å². The fourth-order valence-corrected chi connectivity index (χ4v) is 1.78. The number of nitriles is 1. The van der Waals surface area contributed by atoms with E-state index in [2.05, 4.69) is 4.98 Å². The Labute approximate surface area is 115 Å². The molecule has 0 radical (unpaired) electrons. The molecule has 0 aliphatic rings. The number of aryl methyl sites for hydroxylation is 2. The third kappa shape index (κ3) is 2.83. The number of hydrogen-bond donors (Lipinski definition) is 0. The van der Waals surface area contributed by atoms with Crippen molar-refractivity contribution in [2.45, 2.75) is 13.8 Å². The van der Waals surface area contributed by atoms with Gasteiger partial charge in [-0.25, -0.2) is 9.37 Å². The Kier molecular flexibility index (Phi) is 3.68. The van der Waals surface area contributed by atoms with Crippen molar-refractivity contribution in [3.8, 4) is 17.7 Å². The molecule has 0 aliphatic heterocycles. The lowest BCUT2D eigenvalue weighted by Crippen LogP contribution is -1.97. The van der Waals surface area contributed by atoms with E-state index in [1.165, 1.54) is 12.1 Å². The van der Waals surface area contributed by atoms with Crippen LogP contribution in [0.2, 0.25) is 5.02 Å². The van der Waals surface area contributed by atoms with Crippen LogP contribution in [0, 0.1) is 31.0 Å². The topological polar surface area (TPSA) is 45.9 Å². The first-order valence-corrected chi connectivity index (χ1v) is 5.90. The molecule has 0 saturated carbocycles. The van der Waals surface area contributed by atoms with Crippen LogP contribution in [-0.2, 0) is 0 Å². The number of aromatic nitrogens is 1. The van der Waals surface area contributed by atoms with E-state index in [-0.39, 0.29) is 16.7 Å². The van der Waals surface area contributed by atoms with E-state index in [0.29, 0.717) is 5.56 Å². The highest BCUT2D eigenvalue weighted by atomic mass is 35.5. The van der Waals surface area contributed by atoms with Crippen molar-refractivity contribution >= 4 is 11.6 Å². The molecule has 2 aromatic rings. The molecule has 19 heavy (non-hydrogen) atoms. The number of ether oxygens (including phenoxy) is 1. The van der Waals surface area contributed by atoms with Gasteiger partial charge >= 0.3 is 0 Å². The molecule has 0 spiro atoms. The second-order valence-corrected chi connectivity index (χ2v) is 4.46. The van der Waals surface area contributed by atoms with Crippen LogP contribution in [0.1, 0.15) is 16.8 Å². The smallest absolute Gasteiger partial charge is 0.237 e. The highest BCUT2D eigenvalue weighted by Gasteiger charge is 2.11. The summed E-state index contributed by atoms with van der Waals surface area (Å²) >= 11 is 5.59. The molecule has 1 aromatic heterocycles. The quantitative estimate of drug-likeness (QED) is 0.827. The molecule has 3 nitrogen and oxygen atoms in total. The summed E-state index contributed by atoms with van der Waals surface area (Å²) in [6, 6.07) is 7.88. The van der Waals surface area contributed by atoms with Gasteiger partial charge in [0.2, 0.25) is 5.88 Å². The average molecular weight is 277 g/mol.